The van der Waals surface area contributed by atoms with E-state index in [-0.39, 0.29) is 5.56 Å². The molecule has 0 aliphatic carbocycles. The number of benzene rings is 1. The van der Waals surface area contributed by atoms with Crippen molar-refractivity contribution in [3.63, 3.8) is 0 Å². The minimum Gasteiger partial charge on any atom is -0.296 e. The van der Waals surface area contributed by atoms with Crippen LogP contribution in [0.25, 0.3) is 10.9 Å². The van der Waals surface area contributed by atoms with Crippen molar-refractivity contribution in [3.05, 3.63) is 74.7 Å². The van der Waals surface area contributed by atoms with Crippen LogP contribution in [-0.2, 0) is 6.54 Å². The van der Waals surface area contributed by atoms with Crippen molar-refractivity contribution >= 4 is 10.9 Å². The molecule has 3 aromatic rings. The Hall–Kier alpha value is -2.69. The highest BCUT2D eigenvalue weighted by Crippen LogP contribution is 2.16. The van der Waals surface area contributed by atoms with Crippen molar-refractivity contribution in [3.8, 4) is 0 Å². The van der Waals surface area contributed by atoms with Crippen LogP contribution in [0, 0.1) is 6.92 Å². The molecule has 0 saturated heterocycles. The number of pyridine rings is 1. The van der Waals surface area contributed by atoms with Crippen LogP contribution in [0.1, 0.15) is 11.1 Å². The molecule has 0 radical (unpaired) electrons. The third kappa shape index (κ3) is 2.14. The van der Waals surface area contributed by atoms with Crippen LogP contribution in [-0.4, -0.2) is 14.5 Å². The summed E-state index contributed by atoms with van der Waals surface area (Å²) in [5.74, 6) is 0. The van der Waals surface area contributed by atoms with Crippen LogP contribution >= 0.6 is 0 Å². The monoisotopic (exact) mass is 267 g/mol. The van der Waals surface area contributed by atoms with Gasteiger partial charge in [0.1, 0.15) is 0 Å². The number of fused-ring (bicyclic) bond motifs is 1. The quantitative estimate of drug-likeness (QED) is 0.764. The molecule has 2 heterocycles. The molecule has 0 aliphatic rings. The maximum Gasteiger partial charge on any atom is 0.328 e. The normalized spacial score (nSPS) is 10.8. The van der Waals surface area contributed by atoms with E-state index in [9.17, 15) is 9.59 Å². The summed E-state index contributed by atoms with van der Waals surface area (Å²) in [4.78, 5) is 29.8. The second-order valence-electron chi connectivity index (χ2n) is 4.69. The minimum atomic E-state index is -0.401. The van der Waals surface area contributed by atoms with Gasteiger partial charge in [0.2, 0.25) is 0 Å². The predicted molar refractivity (Wildman–Crippen MR) is 76.9 cm³/mol. The molecule has 0 spiro atoms. The van der Waals surface area contributed by atoms with E-state index in [0.29, 0.717) is 12.1 Å². The predicted octanol–water partition coefficient (Wildman–Crippen LogP) is 1.44. The first-order valence-corrected chi connectivity index (χ1v) is 6.28. The van der Waals surface area contributed by atoms with Gasteiger partial charge >= 0.3 is 5.69 Å². The summed E-state index contributed by atoms with van der Waals surface area (Å²) in [6.07, 6.45) is 3.30. The SMILES string of the molecule is Cc1cn(Cc2ccnc3ccccc23)c(=O)[nH]c1=O. The summed E-state index contributed by atoms with van der Waals surface area (Å²) >= 11 is 0. The molecule has 100 valence electrons. The van der Waals surface area contributed by atoms with Crippen molar-refractivity contribution < 1.29 is 0 Å². The Morgan fingerprint density at radius 3 is 2.85 bits per heavy atom. The Morgan fingerprint density at radius 1 is 1.20 bits per heavy atom. The van der Waals surface area contributed by atoms with Crippen molar-refractivity contribution in [2.45, 2.75) is 13.5 Å². The van der Waals surface area contributed by atoms with Crippen LogP contribution in [0.2, 0.25) is 0 Å². The topological polar surface area (TPSA) is 67.8 Å². The average molecular weight is 267 g/mol. The van der Waals surface area contributed by atoms with Gasteiger partial charge in [0, 0.05) is 23.3 Å². The number of aromatic amines is 1. The van der Waals surface area contributed by atoms with E-state index in [1.54, 1.807) is 19.3 Å². The van der Waals surface area contributed by atoms with Gasteiger partial charge in [-0.1, -0.05) is 18.2 Å². The van der Waals surface area contributed by atoms with E-state index in [1.165, 1.54) is 4.57 Å². The van der Waals surface area contributed by atoms with E-state index in [2.05, 4.69) is 9.97 Å². The lowest BCUT2D eigenvalue weighted by Crippen LogP contribution is -2.31. The van der Waals surface area contributed by atoms with Gasteiger partial charge in [-0.05, 0) is 24.6 Å². The standard InChI is InChI=1S/C15H13N3O2/c1-10-8-18(15(20)17-14(10)19)9-11-6-7-16-13-5-3-2-4-12(11)13/h2-8H,9H2,1H3,(H,17,19,20). The Morgan fingerprint density at radius 2 is 2.00 bits per heavy atom. The molecule has 3 rings (SSSR count). The van der Waals surface area contributed by atoms with Crippen LogP contribution in [0.5, 0.6) is 0 Å². The molecule has 0 amide bonds. The van der Waals surface area contributed by atoms with Crippen LogP contribution in [0.3, 0.4) is 0 Å². The smallest absolute Gasteiger partial charge is 0.296 e. The first-order chi connectivity index (χ1) is 9.65. The highest BCUT2D eigenvalue weighted by atomic mass is 16.2. The van der Waals surface area contributed by atoms with E-state index in [0.717, 1.165) is 16.5 Å². The molecule has 0 saturated carbocycles. The third-order valence-corrected chi connectivity index (χ3v) is 3.27. The Balaban J connectivity index is 2.13. The number of nitrogens with one attached hydrogen (secondary N) is 1. The zero-order valence-electron chi connectivity index (χ0n) is 11.0. The van der Waals surface area contributed by atoms with Crippen molar-refractivity contribution in [1.29, 1.82) is 0 Å². The fourth-order valence-electron chi connectivity index (χ4n) is 2.21. The number of rotatable bonds is 2. The first-order valence-electron chi connectivity index (χ1n) is 6.28. The molecule has 0 unspecified atom stereocenters. The zero-order chi connectivity index (χ0) is 14.1. The number of para-hydroxylation sites is 1. The van der Waals surface area contributed by atoms with Gasteiger partial charge in [0.05, 0.1) is 12.1 Å². The van der Waals surface area contributed by atoms with Gasteiger partial charge < -0.3 is 0 Å². The number of aromatic nitrogens is 3. The molecule has 1 aromatic carbocycles. The molecule has 0 bridgehead atoms. The van der Waals surface area contributed by atoms with Crippen molar-refractivity contribution in [2.75, 3.05) is 0 Å². The molecule has 5 nitrogen and oxygen atoms in total. The van der Waals surface area contributed by atoms with Crippen molar-refractivity contribution in [1.82, 2.24) is 14.5 Å². The molecule has 0 fully saturated rings. The number of aryl methyl sites for hydroxylation is 1. The number of H-pyrrole nitrogens is 1. The Bertz CT molecular complexity index is 888. The lowest BCUT2D eigenvalue weighted by Gasteiger charge is -2.08. The van der Waals surface area contributed by atoms with Gasteiger partial charge in [-0.2, -0.15) is 0 Å². The number of nitrogens with zero attached hydrogens (tertiary/aromatic N) is 2. The zero-order valence-corrected chi connectivity index (χ0v) is 11.0. The molecule has 0 atom stereocenters. The summed E-state index contributed by atoms with van der Waals surface area (Å²) in [5.41, 5.74) is 1.65. The highest BCUT2D eigenvalue weighted by Gasteiger charge is 2.05. The molecule has 1 N–H and O–H groups in total. The molecule has 0 aliphatic heterocycles. The minimum absolute atomic E-state index is 0.342. The Labute approximate surface area is 114 Å². The van der Waals surface area contributed by atoms with Crippen LogP contribution in [0.4, 0.5) is 0 Å². The average Bonchev–Trinajstić information content (AvgIpc) is 2.45. The fraction of sp³-hybridized carbons (Fsp3) is 0.133. The van der Waals surface area contributed by atoms with Gasteiger partial charge in [-0.25, -0.2) is 4.79 Å². The molecular weight excluding hydrogens is 254 g/mol. The summed E-state index contributed by atoms with van der Waals surface area (Å²) in [5, 5.41) is 1.01. The number of hydrogen-bond donors (Lipinski definition) is 1. The first kappa shape index (κ1) is 12.3. The van der Waals surface area contributed by atoms with Gasteiger partial charge in [-0.15, -0.1) is 0 Å². The van der Waals surface area contributed by atoms with Gasteiger partial charge in [-0.3, -0.25) is 19.3 Å². The van der Waals surface area contributed by atoms with Gasteiger partial charge in [0.25, 0.3) is 5.56 Å². The lowest BCUT2D eigenvalue weighted by molar-refractivity contribution is 0.716. The van der Waals surface area contributed by atoms with E-state index < -0.39 is 5.69 Å². The van der Waals surface area contributed by atoms with Crippen LogP contribution in [0.15, 0.2) is 52.3 Å². The largest absolute Gasteiger partial charge is 0.328 e. The second kappa shape index (κ2) is 4.77. The maximum absolute atomic E-state index is 11.8. The molecule has 2 aromatic heterocycles. The number of hydrogen-bond acceptors (Lipinski definition) is 3. The summed E-state index contributed by atoms with van der Waals surface area (Å²) in [6.45, 7) is 2.08. The summed E-state index contributed by atoms with van der Waals surface area (Å²) in [6, 6.07) is 9.65. The maximum atomic E-state index is 11.8. The van der Waals surface area contributed by atoms with Crippen molar-refractivity contribution in [2.24, 2.45) is 0 Å². The lowest BCUT2D eigenvalue weighted by atomic mass is 10.1. The molecule has 5 heteroatoms. The molecular formula is C15H13N3O2. The third-order valence-electron chi connectivity index (χ3n) is 3.27. The fourth-order valence-corrected chi connectivity index (χ4v) is 2.21. The van der Waals surface area contributed by atoms with E-state index in [1.807, 2.05) is 30.3 Å². The summed E-state index contributed by atoms with van der Waals surface area (Å²) < 4.78 is 1.50. The van der Waals surface area contributed by atoms with Gasteiger partial charge in [0.15, 0.2) is 0 Å². The van der Waals surface area contributed by atoms with Crippen LogP contribution < -0.4 is 11.2 Å². The van der Waals surface area contributed by atoms with E-state index in [4.69, 9.17) is 0 Å². The highest BCUT2D eigenvalue weighted by molar-refractivity contribution is 5.81. The Kier molecular flexibility index (Phi) is 2.95. The summed E-state index contributed by atoms with van der Waals surface area (Å²) in [7, 11) is 0. The van der Waals surface area contributed by atoms with E-state index >= 15 is 0 Å². The second-order valence-corrected chi connectivity index (χ2v) is 4.69. The molecule has 20 heavy (non-hydrogen) atoms.